The summed E-state index contributed by atoms with van der Waals surface area (Å²) in [6.07, 6.45) is -0.992. The topological polar surface area (TPSA) is 230 Å². The number of carboxylic acids is 1. The molecule has 0 saturated heterocycles. The number of nitrogens with two attached hydrogens (primary N) is 2. The maximum Gasteiger partial charge on any atom is 0.328 e. The third-order valence-electron chi connectivity index (χ3n) is 3.13. The Hall–Kier alpha value is -2.32. The van der Waals surface area contributed by atoms with Gasteiger partial charge in [-0.15, -0.1) is 0 Å². The van der Waals surface area contributed by atoms with Crippen molar-refractivity contribution in [3.63, 3.8) is 0 Å². The maximum absolute atomic E-state index is 11.9. The van der Waals surface area contributed by atoms with Gasteiger partial charge in [0.25, 0.3) is 0 Å². The summed E-state index contributed by atoms with van der Waals surface area (Å²) < 4.78 is 4.98. The number of hydrogen-bond acceptors (Lipinski definition) is 10. The first-order valence-electron chi connectivity index (χ1n) is 7.32. The van der Waals surface area contributed by atoms with Gasteiger partial charge in [0.05, 0.1) is 19.3 Å². The van der Waals surface area contributed by atoms with Crippen molar-refractivity contribution in [1.29, 1.82) is 0 Å². The molecule has 0 aromatic carbocycles. The van der Waals surface area contributed by atoms with Gasteiger partial charge in [0.2, 0.25) is 5.89 Å². The summed E-state index contributed by atoms with van der Waals surface area (Å²) in [5.74, 6) is -1.47. The molecule has 0 bridgehead atoms. The van der Waals surface area contributed by atoms with Crippen LogP contribution >= 0.6 is 0 Å². The number of amides is 2. The van der Waals surface area contributed by atoms with E-state index in [4.69, 9.17) is 31.3 Å². The van der Waals surface area contributed by atoms with Crippen LogP contribution in [0.15, 0.2) is 4.52 Å². The highest BCUT2D eigenvalue weighted by Crippen LogP contribution is 2.18. The molecule has 2 amide bonds. The summed E-state index contributed by atoms with van der Waals surface area (Å²) in [6, 6.07) is -4.19. The van der Waals surface area contributed by atoms with Crippen LogP contribution in [0.3, 0.4) is 0 Å². The van der Waals surface area contributed by atoms with E-state index >= 15 is 0 Å². The largest absolute Gasteiger partial charge is 0.480 e. The van der Waals surface area contributed by atoms with Gasteiger partial charge in [0.1, 0.15) is 12.3 Å². The van der Waals surface area contributed by atoms with Crippen molar-refractivity contribution in [3.05, 3.63) is 11.7 Å². The molecular formula is C12H22N6O7. The van der Waals surface area contributed by atoms with Gasteiger partial charge in [-0.1, -0.05) is 5.16 Å². The fourth-order valence-corrected chi connectivity index (χ4v) is 1.76. The first-order valence-corrected chi connectivity index (χ1v) is 7.32. The number of nitrogens with zero attached hydrogens (tertiary/aromatic N) is 2. The molecule has 13 heteroatoms. The summed E-state index contributed by atoms with van der Waals surface area (Å²) in [5, 5.41) is 43.9. The molecule has 1 aromatic rings. The van der Waals surface area contributed by atoms with Crippen molar-refractivity contribution < 1.29 is 34.5 Å². The van der Waals surface area contributed by atoms with Crippen molar-refractivity contribution in [2.24, 2.45) is 11.5 Å². The van der Waals surface area contributed by atoms with E-state index in [0.717, 1.165) is 0 Å². The van der Waals surface area contributed by atoms with Crippen LogP contribution in [-0.2, 0) is 4.79 Å². The Labute approximate surface area is 142 Å². The van der Waals surface area contributed by atoms with Crippen LogP contribution in [0.5, 0.6) is 0 Å². The molecule has 0 aliphatic heterocycles. The predicted molar refractivity (Wildman–Crippen MR) is 80.7 cm³/mol. The molecule has 1 rings (SSSR count). The van der Waals surface area contributed by atoms with E-state index in [-0.39, 0.29) is 24.6 Å². The second kappa shape index (κ2) is 9.85. The van der Waals surface area contributed by atoms with E-state index in [1.165, 1.54) is 0 Å². The molecule has 1 aromatic heterocycles. The van der Waals surface area contributed by atoms with Crippen LogP contribution in [0.4, 0.5) is 4.79 Å². The van der Waals surface area contributed by atoms with E-state index in [1.807, 2.05) is 5.32 Å². The average molecular weight is 362 g/mol. The van der Waals surface area contributed by atoms with Gasteiger partial charge in [-0.05, 0) is 12.8 Å². The molecular weight excluding hydrogens is 340 g/mol. The van der Waals surface area contributed by atoms with Crippen LogP contribution in [0, 0.1) is 0 Å². The number of carbonyl (C=O) groups excluding carboxylic acids is 1. The Morgan fingerprint density at radius 1 is 1.16 bits per heavy atom. The number of rotatable bonds is 10. The number of aliphatic hydroxyl groups is 3. The summed E-state index contributed by atoms with van der Waals surface area (Å²) in [6.45, 7) is -1.22. The fraction of sp³-hybridized carbons (Fsp3) is 0.667. The zero-order valence-corrected chi connectivity index (χ0v) is 13.2. The van der Waals surface area contributed by atoms with Gasteiger partial charge < -0.3 is 47.1 Å². The number of nitrogens with one attached hydrogen (secondary N) is 2. The molecule has 0 spiro atoms. The van der Waals surface area contributed by atoms with Gasteiger partial charge in [-0.2, -0.15) is 4.98 Å². The van der Waals surface area contributed by atoms with Gasteiger partial charge in [0, 0.05) is 0 Å². The zero-order valence-electron chi connectivity index (χ0n) is 13.2. The average Bonchev–Trinajstić information content (AvgIpc) is 3.05. The lowest BCUT2D eigenvalue weighted by Gasteiger charge is -2.18. The molecule has 4 atom stereocenters. The first-order chi connectivity index (χ1) is 11.8. The van der Waals surface area contributed by atoms with Gasteiger partial charge in [0.15, 0.2) is 11.9 Å². The van der Waals surface area contributed by atoms with Crippen LogP contribution in [0.2, 0.25) is 0 Å². The maximum atomic E-state index is 11.9. The van der Waals surface area contributed by atoms with Crippen LogP contribution in [0.1, 0.15) is 36.6 Å². The Kier molecular flexibility index (Phi) is 8.17. The number of carbonyl (C=O) groups is 2. The molecule has 10 N–H and O–H groups in total. The predicted octanol–water partition coefficient (Wildman–Crippen LogP) is -3.10. The Morgan fingerprint density at radius 2 is 1.84 bits per heavy atom. The Morgan fingerprint density at radius 3 is 2.36 bits per heavy atom. The van der Waals surface area contributed by atoms with E-state index in [9.17, 15) is 14.7 Å². The second-order valence-corrected chi connectivity index (χ2v) is 5.17. The lowest BCUT2D eigenvalue weighted by atomic mass is 10.1. The van der Waals surface area contributed by atoms with Gasteiger partial charge >= 0.3 is 12.0 Å². The standard InChI is InChI=1S/C12H22N6O7/c13-5(3-19)9-17-10(25-18-9)6(1-2-8(14)21)15-12(24)16-7(4-20)11(22)23/h5-8,19-21H,1-4,13-14H2,(H,22,23)(H2,15,16,24)/t5-,6-,7-,8?/m0/s1. The minimum atomic E-state index is -1.50. The van der Waals surface area contributed by atoms with Gasteiger partial charge in [-0.25, -0.2) is 9.59 Å². The third-order valence-corrected chi connectivity index (χ3v) is 3.13. The smallest absolute Gasteiger partial charge is 0.328 e. The minimum absolute atomic E-state index is 0.0109. The highest BCUT2D eigenvalue weighted by Gasteiger charge is 2.25. The molecule has 0 fully saturated rings. The highest BCUT2D eigenvalue weighted by atomic mass is 16.5. The number of aromatic nitrogens is 2. The van der Waals surface area contributed by atoms with E-state index in [1.54, 1.807) is 0 Å². The molecule has 0 aliphatic rings. The molecule has 13 nitrogen and oxygen atoms in total. The van der Waals surface area contributed by atoms with Crippen molar-refractivity contribution in [3.8, 4) is 0 Å². The Balaban J connectivity index is 2.83. The van der Waals surface area contributed by atoms with Gasteiger partial charge in [-0.3, -0.25) is 0 Å². The van der Waals surface area contributed by atoms with Crippen molar-refractivity contribution in [2.75, 3.05) is 13.2 Å². The first kappa shape index (κ1) is 20.7. The molecule has 1 unspecified atom stereocenters. The molecule has 1 heterocycles. The summed E-state index contributed by atoms with van der Waals surface area (Å²) in [5.41, 5.74) is 10.8. The van der Waals surface area contributed by atoms with E-state index in [2.05, 4.69) is 15.5 Å². The van der Waals surface area contributed by atoms with Crippen LogP contribution in [0.25, 0.3) is 0 Å². The highest BCUT2D eigenvalue weighted by molar-refractivity contribution is 5.82. The number of carboxylic acid groups (broad SMARTS) is 1. The molecule has 25 heavy (non-hydrogen) atoms. The second-order valence-electron chi connectivity index (χ2n) is 5.17. The summed E-state index contributed by atoms with van der Waals surface area (Å²) >= 11 is 0. The molecule has 142 valence electrons. The lowest BCUT2D eigenvalue weighted by Crippen LogP contribution is -2.48. The summed E-state index contributed by atoms with van der Waals surface area (Å²) in [7, 11) is 0. The molecule has 0 saturated carbocycles. The molecule has 0 radical (unpaired) electrons. The monoisotopic (exact) mass is 362 g/mol. The van der Waals surface area contributed by atoms with Crippen molar-refractivity contribution in [2.45, 2.75) is 37.2 Å². The van der Waals surface area contributed by atoms with Crippen LogP contribution in [-0.4, -0.2) is 68.1 Å². The molecule has 0 aliphatic carbocycles. The van der Waals surface area contributed by atoms with Crippen molar-refractivity contribution in [1.82, 2.24) is 20.8 Å². The normalized spacial score (nSPS) is 15.9. The quantitative estimate of drug-likeness (QED) is 0.194. The summed E-state index contributed by atoms with van der Waals surface area (Å²) in [4.78, 5) is 26.7. The van der Waals surface area contributed by atoms with E-state index in [0.29, 0.717) is 0 Å². The van der Waals surface area contributed by atoms with Crippen molar-refractivity contribution >= 4 is 12.0 Å². The number of hydrogen-bond donors (Lipinski definition) is 8. The zero-order chi connectivity index (χ0) is 19.0. The number of aliphatic hydroxyl groups excluding tert-OH is 3. The SMILES string of the molecule is NC(O)CC[C@H](NC(=O)N[C@@H](CO)C(=O)O)c1nc([C@@H](N)CO)no1. The minimum Gasteiger partial charge on any atom is -0.480 e. The van der Waals surface area contributed by atoms with E-state index < -0.39 is 49.6 Å². The Bertz CT molecular complexity index is 566. The third kappa shape index (κ3) is 6.60. The van der Waals surface area contributed by atoms with Crippen LogP contribution < -0.4 is 22.1 Å². The lowest BCUT2D eigenvalue weighted by molar-refractivity contribution is -0.140. The fourth-order valence-electron chi connectivity index (χ4n) is 1.76. The number of aliphatic carboxylic acids is 1. The number of urea groups is 1.